The summed E-state index contributed by atoms with van der Waals surface area (Å²) in [6.07, 6.45) is 4.99. The molecule has 8 heteroatoms. The SMILES string of the molecule is CCOCc1ccc(C)c(Nc2ncc(-c3ccnc(-n4cc(C)[nH]c4=O)c3)o2)c1. The Bertz CT molecular complexity index is 1220. The highest BCUT2D eigenvalue weighted by Gasteiger charge is 2.11. The molecule has 0 bridgehead atoms. The smallest absolute Gasteiger partial charge is 0.331 e. The summed E-state index contributed by atoms with van der Waals surface area (Å²) in [7, 11) is 0. The van der Waals surface area contributed by atoms with Crippen LogP contribution in [0.15, 0.2) is 58.1 Å². The van der Waals surface area contributed by atoms with E-state index in [0.29, 0.717) is 30.8 Å². The van der Waals surface area contributed by atoms with Crippen molar-refractivity contribution >= 4 is 11.7 Å². The second-order valence-electron chi connectivity index (χ2n) is 6.96. The third-order valence-electron chi connectivity index (χ3n) is 4.64. The Labute approximate surface area is 173 Å². The van der Waals surface area contributed by atoms with Crippen LogP contribution in [0, 0.1) is 13.8 Å². The van der Waals surface area contributed by atoms with Crippen molar-refractivity contribution in [2.75, 3.05) is 11.9 Å². The molecule has 0 aliphatic rings. The highest BCUT2D eigenvalue weighted by molar-refractivity contribution is 5.63. The number of nitrogens with one attached hydrogen (secondary N) is 2. The van der Waals surface area contributed by atoms with Gasteiger partial charge in [-0.05, 0) is 50.1 Å². The zero-order valence-electron chi connectivity index (χ0n) is 17.1. The normalized spacial score (nSPS) is 11.0. The van der Waals surface area contributed by atoms with E-state index < -0.39 is 0 Å². The van der Waals surface area contributed by atoms with Gasteiger partial charge >= 0.3 is 5.69 Å². The van der Waals surface area contributed by atoms with Crippen molar-refractivity contribution in [1.82, 2.24) is 19.5 Å². The molecule has 4 rings (SSSR count). The Hall–Kier alpha value is -3.65. The molecule has 1 aromatic carbocycles. The van der Waals surface area contributed by atoms with Crippen molar-refractivity contribution < 1.29 is 9.15 Å². The molecule has 30 heavy (non-hydrogen) atoms. The maximum absolute atomic E-state index is 12.0. The van der Waals surface area contributed by atoms with Crippen molar-refractivity contribution in [3.8, 4) is 17.1 Å². The van der Waals surface area contributed by atoms with Crippen LogP contribution in [0.5, 0.6) is 0 Å². The molecule has 0 unspecified atom stereocenters. The van der Waals surface area contributed by atoms with Gasteiger partial charge in [0.15, 0.2) is 5.76 Å². The van der Waals surface area contributed by atoms with Crippen molar-refractivity contribution in [3.63, 3.8) is 0 Å². The van der Waals surface area contributed by atoms with E-state index in [1.165, 1.54) is 4.57 Å². The fraction of sp³-hybridized carbons (Fsp3) is 0.227. The predicted molar refractivity (Wildman–Crippen MR) is 114 cm³/mol. The fourth-order valence-corrected chi connectivity index (χ4v) is 3.08. The second-order valence-corrected chi connectivity index (χ2v) is 6.96. The quantitative estimate of drug-likeness (QED) is 0.480. The zero-order chi connectivity index (χ0) is 21.1. The standard InChI is InChI=1S/C22H23N5O3/c1-4-29-13-16-6-5-14(2)18(9-16)26-21-24-11-19(30-21)17-7-8-23-20(10-17)27-12-15(3)25-22(27)28/h5-12H,4,13H2,1-3H3,(H,24,26)(H,25,28). The van der Waals surface area contributed by atoms with Gasteiger partial charge in [0.25, 0.3) is 6.01 Å². The van der Waals surface area contributed by atoms with E-state index in [4.69, 9.17) is 9.15 Å². The number of hydrogen-bond acceptors (Lipinski definition) is 6. The number of H-pyrrole nitrogens is 1. The summed E-state index contributed by atoms with van der Waals surface area (Å²) in [6, 6.07) is 10.1. The number of nitrogens with zero attached hydrogens (tertiary/aromatic N) is 3. The van der Waals surface area contributed by atoms with Crippen LogP contribution in [0.3, 0.4) is 0 Å². The number of benzene rings is 1. The van der Waals surface area contributed by atoms with Crippen molar-refractivity contribution in [2.24, 2.45) is 0 Å². The van der Waals surface area contributed by atoms with Gasteiger partial charge < -0.3 is 19.5 Å². The molecule has 8 nitrogen and oxygen atoms in total. The maximum atomic E-state index is 12.0. The number of ether oxygens (including phenoxy) is 1. The highest BCUT2D eigenvalue weighted by Crippen LogP contribution is 2.27. The Kier molecular flexibility index (Phi) is 5.49. The average Bonchev–Trinajstić information content (AvgIpc) is 3.34. The average molecular weight is 405 g/mol. The molecular weight excluding hydrogens is 382 g/mol. The first-order valence-electron chi connectivity index (χ1n) is 9.68. The van der Waals surface area contributed by atoms with Gasteiger partial charge in [0, 0.05) is 35.9 Å². The van der Waals surface area contributed by atoms with Crippen LogP contribution in [0.2, 0.25) is 0 Å². The molecule has 0 atom stereocenters. The summed E-state index contributed by atoms with van der Waals surface area (Å²) in [6.45, 7) is 7.03. The molecule has 0 amide bonds. The van der Waals surface area contributed by atoms with Gasteiger partial charge in [-0.15, -0.1) is 0 Å². The number of imidazole rings is 1. The largest absolute Gasteiger partial charge is 0.423 e. The minimum Gasteiger partial charge on any atom is -0.423 e. The number of rotatable bonds is 7. The molecule has 154 valence electrons. The number of oxazole rings is 1. The molecule has 4 aromatic rings. The maximum Gasteiger partial charge on any atom is 0.331 e. The van der Waals surface area contributed by atoms with Gasteiger partial charge in [-0.2, -0.15) is 0 Å². The molecule has 0 radical (unpaired) electrons. The summed E-state index contributed by atoms with van der Waals surface area (Å²) < 4.78 is 12.8. The zero-order valence-corrected chi connectivity index (χ0v) is 17.1. The van der Waals surface area contributed by atoms with E-state index in [-0.39, 0.29) is 5.69 Å². The van der Waals surface area contributed by atoms with Gasteiger partial charge in [0.2, 0.25) is 0 Å². The Balaban J connectivity index is 1.57. The lowest BCUT2D eigenvalue weighted by Gasteiger charge is -2.09. The van der Waals surface area contributed by atoms with Crippen LogP contribution < -0.4 is 11.0 Å². The monoisotopic (exact) mass is 405 g/mol. The van der Waals surface area contributed by atoms with Gasteiger partial charge in [-0.3, -0.25) is 4.57 Å². The predicted octanol–water partition coefficient (Wildman–Crippen LogP) is 4.11. The molecule has 3 heterocycles. The van der Waals surface area contributed by atoms with Crippen LogP contribution in [0.25, 0.3) is 17.1 Å². The third kappa shape index (κ3) is 4.18. The molecule has 0 aliphatic carbocycles. The molecule has 0 saturated heterocycles. The summed E-state index contributed by atoms with van der Waals surface area (Å²) in [5.74, 6) is 1.08. The summed E-state index contributed by atoms with van der Waals surface area (Å²) in [4.78, 5) is 23.4. The number of hydrogen-bond donors (Lipinski definition) is 2. The van der Waals surface area contributed by atoms with Crippen LogP contribution in [0.4, 0.5) is 11.7 Å². The Morgan fingerprint density at radius 3 is 2.83 bits per heavy atom. The van der Waals surface area contributed by atoms with E-state index in [2.05, 4.69) is 20.3 Å². The second kappa shape index (κ2) is 8.38. The van der Waals surface area contributed by atoms with Gasteiger partial charge in [-0.25, -0.2) is 14.8 Å². The van der Waals surface area contributed by atoms with Gasteiger partial charge in [-0.1, -0.05) is 12.1 Å². The van der Waals surface area contributed by atoms with E-state index in [9.17, 15) is 4.79 Å². The molecule has 0 fully saturated rings. The van der Waals surface area contributed by atoms with Crippen LogP contribution in [0.1, 0.15) is 23.7 Å². The number of aromatic nitrogens is 4. The minimum absolute atomic E-state index is 0.237. The lowest BCUT2D eigenvalue weighted by Crippen LogP contribution is -2.15. The summed E-state index contributed by atoms with van der Waals surface area (Å²) >= 11 is 0. The molecular formula is C22H23N5O3. The van der Waals surface area contributed by atoms with Crippen LogP contribution >= 0.6 is 0 Å². The van der Waals surface area contributed by atoms with E-state index in [0.717, 1.165) is 28.1 Å². The number of anilines is 2. The lowest BCUT2D eigenvalue weighted by molar-refractivity contribution is 0.134. The number of aromatic amines is 1. The number of pyridine rings is 1. The lowest BCUT2D eigenvalue weighted by atomic mass is 10.1. The minimum atomic E-state index is -0.237. The number of aryl methyl sites for hydroxylation is 2. The van der Waals surface area contributed by atoms with Crippen molar-refractivity contribution in [2.45, 2.75) is 27.4 Å². The van der Waals surface area contributed by atoms with Crippen molar-refractivity contribution in [1.29, 1.82) is 0 Å². The first-order chi connectivity index (χ1) is 14.5. The topological polar surface area (TPSA) is 98.0 Å². The van der Waals surface area contributed by atoms with Crippen molar-refractivity contribution in [3.05, 3.63) is 76.2 Å². The first-order valence-corrected chi connectivity index (χ1v) is 9.68. The van der Waals surface area contributed by atoms with Crippen LogP contribution in [-0.2, 0) is 11.3 Å². The summed E-state index contributed by atoms with van der Waals surface area (Å²) in [5, 5.41) is 3.23. The molecule has 0 spiro atoms. The first kappa shape index (κ1) is 19.7. The summed E-state index contributed by atoms with van der Waals surface area (Å²) in [5.41, 5.74) is 4.35. The Morgan fingerprint density at radius 1 is 1.20 bits per heavy atom. The van der Waals surface area contributed by atoms with Gasteiger partial charge in [0.05, 0.1) is 12.8 Å². The van der Waals surface area contributed by atoms with Crippen LogP contribution in [-0.4, -0.2) is 26.1 Å². The Morgan fingerprint density at radius 2 is 2.07 bits per heavy atom. The molecule has 0 saturated carbocycles. The van der Waals surface area contributed by atoms with E-state index >= 15 is 0 Å². The fourth-order valence-electron chi connectivity index (χ4n) is 3.08. The highest BCUT2D eigenvalue weighted by atomic mass is 16.5. The van der Waals surface area contributed by atoms with E-state index in [1.807, 2.05) is 45.0 Å². The van der Waals surface area contributed by atoms with E-state index in [1.54, 1.807) is 24.7 Å². The third-order valence-corrected chi connectivity index (χ3v) is 4.64. The van der Waals surface area contributed by atoms with Gasteiger partial charge in [0.1, 0.15) is 5.82 Å². The molecule has 0 aliphatic heterocycles. The molecule has 2 N–H and O–H groups in total. The molecule has 3 aromatic heterocycles.